The van der Waals surface area contributed by atoms with Crippen molar-refractivity contribution in [1.82, 2.24) is 25.1 Å². The Kier molecular flexibility index (Phi) is 12.6. The zero-order valence-corrected chi connectivity index (χ0v) is 32.0. The zero-order chi connectivity index (χ0) is 35.7. The zero-order valence-electron chi connectivity index (χ0n) is 31.1. The molecule has 0 fully saturated rings. The SMILES string of the molecule is CCC(C)(C)c1ccc(OCCCCNC(=O)CCCCSc2nnc3c4ccccc4n(Cc4cccc(C)c4)c3n2)c(C(C)(C)CC)c1. The quantitative estimate of drug-likeness (QED) is 0.0727. The van der Waals surface area contributed by atoms with Gasteiger partial charge in [-0.15, -0.1) is 10.2 Å². The van der Waals surface area contributed by atoms with Crippen LogP contribution in [0.3, 0.4) is 0 Å². The highest BCUT2D eigenvalue weighted by Crippen LogP contribution is 2.38. The van der Waals surface area contributed by atoms with Gasteiger partial charge in [-0.3, -0.25) is 4.79 Å². The Labute approximate surface area is 303 Å². The maximum Gasteiger partial charge on any atom is 0.219 e. The summed E-state index contributed by atoms with van der Waals surface area (Å²) in [6.07, 6.45) is 6.19. The summed E-state index contributed by atoms with van der Waals surface area (Å²) < 4.78 is 8.55. The Balaban J connectivity index is 1.04. The summed E-state index contributed by atoms with van der Waals surface area (Å²) in [7, 11) is 0. The van der Waals surface area contributed by atoms with Crippen molar-refractivity contribution < 1.29 is 9.53 Å². The number of carbonyl (C=O) groups excluding carboxylic acids is 1. The van der Waals surface area contributed by atoms with Crippen molar-refractivity contribution >= 4 is 39.7 Å². The number of ether oxygens (including phenoxy) is 1. The van der Waals surface area contributed by atoms with Crippen molar-refractivity contribution in [1.29, 1.82) is 0 Å². The number of para-hydroxylation sites is 1. The molecule has 5 rings (SSSR count). The number of nitrogens with zero attached hydrogens (tertiary/aromatic N) is 4. The third-order valence-electron chi connectivity index (χ3n) is 10.2. The molecular formula is C42H55N5O2S. The van der Waals surface area contributed by atoms with Gasteiger partial charge in [0, 0.05) is 36.2 Å². The van der Waals surface area contributed by atoms with E-state index in [0.29, 0.717) is 24.7 Å². The van der Waals surface area contributed by atoms with Crippen LogP contribution in [0, 0.1) is 6.92 Å². The van der Waals surface area contributed by atoms with E-state index in [1.165, 1.54) is 22.3 Å². The van der Waals surface area contributed by atoms with Gasteiger partial charge in [-0.1, -0.05) is 113 Å². The molecule has 0 aliphatic heterocycles. The fourth-order valence-corrected chi connectivity index (χ4v) is 6.96. The van der Waals surface area contributed by atoms with E-state index in [-0.39, 0.29) is 16.7 Å². The molecule has 8 heteroatoms. The summed E-state index contributed by atoms with van der Waals surface area (Å²) in [5.74, 6) is 1.93. The average molecular weight is 694 g/mol. The van der Waals surface area contributed by atoms with Crippen molar-refractivity contribution in [2.75, 3.05) is 18.9 Å². The molecule has 5 aromatic rings. The second-order valence-corrected chi connectivity index (χ2v) is 15.8. The highest BCUT2D eigenvalue weighted by atomic mass is 32.2. The minimum atomic E-state index is 0.0440. The smallest absolute Gasteiger partial charge is 0.219 e. The third kappa shape index (κ3) is 9.25. The van der Waals surface area contributed by atoms with E-state index in [1.807, 2.05) is 6.07 Å². The molecule has 0 bridgehead atoms. The summed E-state index contributed by atoms with van der Waals surface area (Å²) in [5.41, 5.74) is 8.10. The van der Waals surface area contributed by atoms with Gasteiger partial charge in [0.25, 0.3) is 0 Å². The first-order valence-corrected chi connectivity index (χ1v) is 19.4. The van der Waals surface area contributed by atoms with Crippen molar-refractivity contribution in [3.63, 3.8) is 0 Å². The molecular weight excluding hydrogens is 639 g/mol. The summed E-state index contributed by atoms with van der Waals surface area (Å²) >= 11 is 1.60. The Morgan fingerprint density at radius 3 is 2.46 bits per heavy atom. The maximum absolute atomic E-state index is 12.5. The number of rotatable bonds is 18. The number of carbonyl (C=O) groups is 1. The Hall–Kier alpha value is -3.91. The number of aryl methyl sites for hydroxylation is 1. The fraction of sp³-hybridized carbons (Fsp3) is 0.476. The summed E-state index contributed by atoms with van der Waals surface area (Å²) in [6.45, 7) is 17.8. The molecule has 1 N–H and O–H groups in total. The van der Waals surface area contributed by atoms with Gasteiger partial charge >= 0.3 is 0 Å². The lowest BCUT2D eigenvalue weighted by atomic mass is 9.76. The molecule has 3 aromatic carbocycles. The van der Waals surface area contributed by atoms with Crippen LogP contribution in [0.1, 0.15) is 109 Å². The number of unbranched alkanes of at least 4 members (excludes halogenated alkanes) is 2. The Morgan fingerprint density at radius 2 is 1.68 bits per heavy atom. The third-order valence-corrected chi connectivity index (χ3v) is 11.1. The summed E-state index contributed by atoms with van der Waals surface area (Å²) in [6, 6.07) is 23.6. The average Bonchev–Trinajstić information content (AvgIpc) is 3.41. The van der Waals surface area contributed by atoms with Gasteiger partial charge in [0.05, 0.1) is 12.1 Å². The van der Waals surface area contributed by atoms with Crippen molar-refractivity contribution in [3.05, 3.63) is 89.0 Å². The molecule has 0 aliphatic carbocycles. The van der Waals surface area contributed by atoms with E-state index >= 15 is 0 Å². The van der Waals surface area contributed by atoms with Crippen LogP contribution in [-0.4, -0.2) is 44.6 Å². The van der Waals surface area contributed by atoms with Gasteiger partial charge in [0.15, 0.2) is 5.65 Å². The van der Waals surface area contributed by atoms with Crippen molar-refractivity contribution in [2.24, 2.45) is 0 Å². The standard InChI is InChI=1S/C42H55N5O2S/c1-8-41(4,5)32-22-23-36(34(28-32)42(6,7)9-2)49-25-14-13-24-43-37(48)21-12-15-26-50-40-44-39-38(45-46-40)33-19-10-11-20-35(33)47(39)29-31-18-16-17-30(3)27-31/h10-11,16-20,22-23,27-28H,8-9,12-15,21,24-26,29H2,1-7H3,(H,43,48). The summed E-state index contributed by atoms with van der Waals surface area (Å²) in [5, 5.41) is 13.9. The number of aromatic nitrogens is 4. The van der Waals surface area contributed by atoms with E-state index in [4.69, 9.17) is 9.72 Å². The lowest BCUT2D eigenvalue weighted by Crippen LogP contribution is -2.24. The molecule has 266 valence electrons. The minimum absolute atomic E-state index is 0.0440. The molecule has 1 amide bonds. The molecule has 2 aromatic heterocycles. The van der Waals surface area contributed by atoms with Crippen LogP contribution in [-0.2, 0) is 22.2 Å². The van der Waals surface area contributed by atoms with Crippen LogP contribution in [0.5, 0.6) is 5.75 Å². The van der Waals surface area contributed by atoms with E-state index in [2.05, 4.69) is 129 Å². The number of hydrogen-bond acceptors (Lipinski definition) is 6. The van der Waals surface area contributed by atoms with Crippen LogP contribution in [0.25, 0.3) is 22.1 Å². The van der Waals surface area contributed by atoms with E-state index in [9.17, 15) is 4.79 Å². The van der Waals surface area contributed by atoms with Gasteiger partial charge in [0.1, 0.15) is 11.3 Å². The largest absolute Gasteiger partial charge is 0.493 e. The Bertz CT molecular complexity index is 1900. The second kappa shape index (κ2) is 16.9. The topological polar surface area (TPSA) is 81.9 Å². The molecule has 0 aliphatic rings. The van der Waals surface area contributed by atoms with Gasteiger partial charge in [0.2, 0.25) is 11.1 Å². The molecule has 0 radical (unpaired) electrons. The van der Waals surface area contributed by atoms with Gasteiger partial charge < -0.3 is 14.6 Å². The lowest BCUT2D eigenvalue weighted by Gasteiger charge is -2.30. The normalized spacial score (nSPS) is 12.1. The van der Waals surface area contributed by atoms with Gasteiger partial charge in [-0.05, 0) is 79.5 Å². The maximum atomic E-state index is 12.5. The van der Waals surface area contributed by atoms with Gasteiger partial charge in [-0.25, -0.2) is 4.98 Å². The number of thioether (sulfide) groups is 1. The second-order valence-electron chi connectivity index (χ2n) is 14.8. The molecule has 0 saturated carbocycles. The molecule has 0 atom stereocenters. The first-order valence-electron chi connectivity index (χ1n) is 18.4. The first-order chi connectivity index (χ1) is 24.0. The number of nitrogens with one attached hydrogen (secondary N) is 1. The first kappa shape index (κ1) is 37.3. The molecule has 0 unspecified atom stereocenters. The monoisotopic (exact) mass is 693 g/mol. The molecule has 2 heterocycles. The van der Waals surface area contributed by atoms with E-state index in [1.54, 1.807) is 11.8 Å². The van der Waals surface area contributed by atoms with Gasteiger partial charge in [-0.2, -0.15) is 0 Å². The number of amides is 1. The van der Waals surface area contributed by atoms with Crippen molar-refractivity contribution in [2.45, 2.75) is 116 Å². The van der Waals surface area contributed by atoms with E-state index in [0.717, 1.165) is 78.6 Å². The highest BCUT2D eigenvalue weighted by Gasteiger charge is 2.26. The molecule has 50 heavy (non-hydrogen) atoms. The van der Waals surface area contributed by atoms with Crippen molar-refractivity contribution in [3.8, 4) is 5.75 Å². The van der Waals surface area contributed by atoms with Crippen LogP contribution < -0.4 is 10.1 Å². The number of hydrogen-bond donors (Lipinski definition) is 1. The minimum Gasteiger partial charge on any atom is -0.493 e. The number of fused-ring (bicyclic) bond motifs is 3. The molecule has 7 nitrogen and oxygen atoms in total. The van der Waals surface area contributed by atoms with Crippen LogP contribution in [0.15, 0.2) is 71.9 Å². The Morgan fingerprint density at radius 1 is 0.880 bits per heavy atom. The highest BCUT2D eigenvalue weighted by molar-refractivity contribution is 7.99. The van der Waals surface area contributed by atoms with Crippen LogP contribution in [0.2, 0.25) is 0 Å². The predicted octanol–water partition coefficient (Wildman–Crippen LogP) is 9.95. The summed E-state index contributed by atoms with van der Waals surface area (Å²) in [4.78, 5) is 17.5. The molecule has 0 saturated heterocycles. The fourth-order valence-electron chi connectivity index (χ4n) is 6.18. The number of benzene rings is 3. The van der Waals surface area contributed by atoms with E-state index < -0.39 is 0 Å². The lowest BCUT2D eigenvalue weighted by molar-refractivity contribution is -0.121. The van der Waals surface area contributed by atoms with Crippen LogP contribution in [0.4, 0.5) is 0 Å². The predicted molar refractivity (Wildman–Crippen MR) is 208 cm³/mol. The van der Waals surface area contributed by atoms with Crippen LogP contribution >= 0.6 is 11.8 Å². The molecule has 0 spiro atoms.